The van der Waals surface area contributed by atoms with E-state index in [-0.39, 0.29) is 11.0 Å². The maximum absolute atomic E-state index is 11.6. The normalized spacial score (nSPS) is 23.8. The lowest BCUT2D eigenvalue weighted by molar-refractivity contribution is 0.0991. The van der Waals surface area contributed by atoms with Crippen LogP contribution in [0, 0.1) is 12.3 Å². The minimum atomic E-state index is -3.01. The molecule has 74 valence electrons. The highest BCUT2D eigenvalue weighted by atomic mass is 32.2. The van der Waals surface area contributed by atoms with Crippen molar-refractivity contribution in [2.45, 2.75) is 24.5 Å². The maximum atomic E-state index is 11.6. The highest BCUT2D eigenvalue weighted by molar-refractivity contribution is 7.92. The molecule has 0 N–H and O–H groups in total. The third-order valence-corrected chi connectivity index (χ3v) is 4.32. The molecule has 0 aromatic carbocycles. The van der Waals surface area contributed by atoms with E-state index in [1.165, 1.54) is 0 Å². The summed E-state index contributed by atoms with van der Waals surface area (Å²) in [7, 11) is -3.01. The standard InChI is InChI=1S/C9H14O3S/c1-2-3-7-13(10,11)9-5-4-6-12-8-9/h1,9H,3-8H2. The molecule has 0 aliphatic carbocycles. The second-order valence-corrected chi connectivity index (χ2v) is 5.56. The molecule has 13 heavy (non-hydrogen) atoms. The van der Waals surface area contributed by atoms with Crippen molar-refractivity contribution in [1.82, 2.24) is 0 Å². The topological polar surface area (TPSA) is 43.4 Å². The largest absolute Gasteiger partial charge is 0.380 e. The molecule has 1 unspecified atom stereocenters. The van der Waals surface area contributed by atoms with Gasteiger partial charge in [-0.2, -0.15) is 0 Å². The first-order valence-electron chi connectivity index (χ1n) is 4.39. The van der Waals surface area contributed by atoms with E-state index in [1.807, 2.05) is 0 Å². The summed E-state index contributed by atoms with van der Waals surface area (Å²) in [6, 6.07) is 0. The Bertz CT molecular complexity index is 280. The number of terminal acetylenes is 1. The number of hydrogen-bond donors (Lipinski definition) is 0. The number of sulfone groups is 1. The Kier molecular flexibility index (Phi) is 3.76. The molecule has 1 heterocycles. The molecule has 1 fully saturated rings. The van der Waals surface area contributed by atoms with Gasteiger partial charge in [-0.25, -0.2) is 8.42 Å². The summed E-state index contributed by atoms with van der Waals surface area (Å²) < 4.78 is 28.3. The lowest BCUT2D eigenvalue weighted by atomic mass is 10.2. The van der Waals surface area contributed by atoms with Gasteiger partial charge in [-0.15, -0.1) is 12.3 Å². The summed E-state index contributed by atoms with van der Waals surface area (Å²) in [4.78, 5) is 0. The average molecular weight is 202 g/mol. The molecule has 4 heteroatoms. The van der Waals surface area contributed by atoms with Gasteiger partial charge in [0.15, 0.2) is 9.84 Å². The molecule has 0 bridgehead atoms. The lowest BCUT2D eigenvalue weighted by Crippen LogP contribution is -2.32. The SMILES string of the molecule is C#CCCS(=O)(=O)C1CCCOC1. The molecule has 1 rings (SSSR count). The Morgan fingerprint density at radius 2 is 2.31 bits per heavy atom. The summed E-state index contributed by atoms with van der Waals surface area (Å²) in [6.07, 6.45) is 6.87. The van der Waals surface area contributed by atoms with E-state index in [1.54, 1.807) is 0 Å². The van der Waals surface area contributed by atoms with Crippen LogP contribution in [0.3, 0.4) is 0 Å². The second-order valence-electron chi connectivity index (χ2n) is 3.16. The van der Waals surface area contributed by atoms with Crippen LogP contribution in [-0.4, -0.2) is 32.6 Å². The fraction of sp³-hybridized carbons (Fsp3) is 0.778. The summed E-state index contributed by atoms with van der Waals surface area (Å²) >= 11 is 0. The molecule has 0 amide bonds. The van der Waals surface area contributed by atoms with E-state index in [9.17, 15) is 8.42 Å². The van der Waals surface area contributed by atoms with Crippen molar-refractivity contribution < 1.29 is 13.2 Å². The molecular weight excluding hydrogens is 188 g/mol. The van der Waals surface area contributed by atoms with Crippen LogP contribution >= 0.6 is 0 Å². The summed E-state index contributed by atoms with van der Waals surface area (Å²) in [5.41, 5.74) is 0. The first-order valence-corrected chi connectivity index (χ1v) is 6.11. The fourth-order valence-corrected chi connectivity index (χ4v) is 2.93. The predicted octanol–water partition coefficient (Wildman–Crippen LogP) is 0.603. The average Bonchev–Trinajstić information content (AvgIpc) is 2.16. The van der Waals surface area contributed by atoms with Gasteiger partial charge in [0.1, 0.15) is 0 Å². The van der Waals surface area contributed by atoms with Crippen LogP contribution in [0.5, 0.6) is 0 Å². The Morgan fingerprint density at radius 1 is 1.54 bits per heavy atom. The molecule has 1 atom stereocenters. The highest BCUT2D eigenvalue weighted by Crippen LogP contribution is 2.15. The predicted molar refractivity (Wildman–Crippen MR) is 51.1 cm³/mol. The molecule has 0 aromatic heterocycles. The lowest BCUT2D eigenvalue weighted by Gasteiger charge is -2.21. The van der Waals surface area contributed by atoms with E-state index in [0.717, 1.165) is 6.42 Å². The third-order valence-electron chi connectivity index (χ3n) is 2.16. The Hall–Kier alpha value is -0.530. The second kappa shape index (κ2) is 4.64. The van der Waals surface area contributed by atoms with Crippen LogP contribution < -0.4 is 0 Å². The van der Waals surface area contributed by atoms with Gasteiger partial charge in [-0.05, 0) is 12.8 Å². The van der Waals surface area contributed by atoms with Crippen LogP contribution in [0.1, 0.15) is 19.3 Å². The smallest absolute Gasteiger partial charge is 0.156 e. The molecule has 1 aliphatic rings. The van der Waals surface area contributed by atoms with Crippen LogP contribution in [0.25, 0.3) is 0 Å². The minimum absolute atomic E-state index is 0.0948. The Labute approximate surface area is 79.4 Å². The van der Waals surface area contributed by atoms with Crippen LogP contribution in [-0.2, 0) is 14.6 Å². The summed E-state index contributed by atoms with van der Waals surface area (Å²) in [6.45, 7) is 1.02. The minimum Gasteiger partial charge on any atom is -0.380 e. The van der Waals surface area contributed by atoms with E-state index in [4.69, 9.17) is 11.2 Å². The van der Waals surface area contributed by atoms with Crippen molar-refractivity contribution in [3.8, 4) is 12.3 Å². The first-order chi connectivity index (χ1) is 6.17. The van der Waals surface area contributed by atoms with Gasteiger partial charge < -0.3 is 4.74 Å². The zero-order chi connectivity index (χ0) is 9.73. The van der Waals surface area contributed by atoms with Crippen molar-refractivity contribution in [1.29, 1.82) is 0 Å². The first kappa shape index (κ1) is 10.6. The van der Waals surface area contributed by atoms with Crippen molar-refractivity contribution in [3.05, 3.63) is 0 Å². The van der Waals surface area contributed by atoms with Gasteiger partial charge in [-0.3, -0.25) is 0 Å². The third kappa shape index (κ3) is 3.02. The van der Waals surface area contributed by atoms with Gasteiger partial charge in [0.25, 0.3) is 0 Å². The molecule has 0 aromatic rings. The molecule has 1 aliphatic heterocycles. The van der Waals surface area contributed by atoms with Crippen molar-refractivity contribution in [3.63, 3.8) is 0 Å². The van der Waals surface area contributed by atoms with Gasteiger partial charge in [0, 0.05) is 13.0 Å². The van der Waals surface area contributed by atoms with Crippen LogP contribution in [0.2, 0.25) is 0 Å². The fourth-order valence-electron chi connectivity index (χ4n) is 1.36. The van der Waals surface area contributed by atoms with E-state index >= 15 is 0 Å². The van der Waals surface area contributed by atoms with Gasteiger partial charge in [0.05, 0.1) is 17.6 Å². The van der Waals surface area contributed by atoms with Gasteiger partial charge >= 0.3 is 0 Å². The van der Waals surface area contributed by atoms with Crippen molar-refractivity contribution in [2.24, 2.45) is 0 Å². The Morgan fingerprint density at radius 3 is 2.85 bits per heavy atom. The molecule has 0 saturated carbocycles. The monoisotopic (exact) mass is 202 g/mol. The van der Waals surface area contributed by atoms with Crippen LogP contribution in [0.15, 0.2) is 0 Å². The molecule has 1 saturated heterocycles. The molecule has 0 spiro atoms. The zero-order valence-corrected chi connectivity index (χ0v) is 8.35. The quantitative estimate of drug-likeness (QED) is 0.630. The van der Waals surface area contributed by atoms with Gasteiger partial charge in [0.2, 0.25) is 0 Å². The highest BCUT2D eigenvalue weighted by Gasteiger charge is 2.26. The van der Waals surface area contributed by atoms with E-state index in [0.29, 0.717) is 26.1 Å². The molecular formula is C9H14O3S. The van der Waals surface area contributed by atoms with Crippen molar-refractivity contribution in [2.75, 3.05) is 19.0 Å². The van der Waals surface area contributed by atoms with E-state index < -0.39 is 9.84 Å². The maximum Gasteiger partial charge on any atom is 0.156 e. The van der Waals surface area contributed by atoms with Crippen LogP contribution in [0.4, 0.5) is 0 Å². The molecule has 3 nitrogen and oxygen atoms in total. The van der Waals surface area contributed by atoms with Gasteiger partial charge in [-0.1, -0.05) is 0 Å². The number of rotatable bonds is 3. The number of ether oxygens (including phenoxy) is 1. The van der Waals surface area contributed by atoms with Crippen molar-refractivity contribution >= 4 is 9.84 Å². The summed E-state index contributed by atoms with van der Waals surface area (Å²) in [5.74, 6) is 2.44. The zero-order valence-electron chi connectivity index (χ0n) is 7.53. The Balaban J connectivity index is 2.53. The summed E-state index contributed by atoms with van der Waals surface area (Å²) in [5, 5.41) is -0.324. The number of hydrogen-bond acceptors (Lipinski definition) is 3. The molecule has 0 radical (unpaired) electrons. The van der Waals surface area contributed by atoms with E-state index in [2.05, 4.69) is 5.92 Å².